The predicted octanol–water partition coefficient (Wildman–Crippen LogP) is 3.91. The standard InChI is InChI=1S/C22H25ClN4O3S/c1-2-3-14-31(29,30)27-12-10-26(11-13-27)22-17-9-8-16(23)15-19(17)24-21(25-22)18-6-4-5-7-20(18)28/h4-9,15,28H,2-3,10-14H2,1H3. The lowest BCUT2D eigenvalue weighted by Crippen LogP contribution is -2.49. The molecule has 3 aromatic rings. The Morgan fingerprint density at radius 3 is 2.52 bits per heavy atom. The van der Waals surface area contributed by atoms with Crippen LogP contribution in [-0.2, 0) is 10.0 Å². The van der Waals surface area contributed by atoms with Gasteiger partial charge in [0, 0.05) is 36.6 Å². The van der Waals surface area contributed by atoms with Gasteiger partial charge < -0.3 is 10.0 Å². The summed E-state index contributed by atoms with van der Waals surface area (Å²) in [4.78, 5) is 11.5. The zero-order valence-corrected chi connectivity index (χ0v) is 18.9. The highest BCUT2D eigenvalue weighted by Gasteiger charge is 2.28. The van der Waals surface area contributed by atoms with Gasteiger partial charge in [0.2, 0.25) is 10.0 Å². The summed E-state index contributed by atoms with van der Waals surface area (Å²) in [5.74, 6) is 1.41. The Balaban J connectivity index is 1.68. The first-order valence-electron chi connectivity index (χ1n) is 10.4. The lowest BCUT2D eigenvalue weighted by molar-refractivity contribution is 0.383. The maximum absolute atomic E-state index is 12.6. The third-order valence-corrected chi connectivity index (χ3v) is 7.66. The molecule has 1 aliphatic heterocycles. The van der Waals surface area contributed by atoms with Crippen molar-refractivity contribution in [3.63, 3.8) is 0 Å². The van der Waals surface area contributed by atoms with E-state index in [9.17, 15) is 13.5 Å². The van der Waals surface area contributed by atoms with Crippen molar-refractivity contribution < 1.29 is 13.5 Å². The Labute approximate surface area is 187 Å². The second kappa shape index (κ2) is 8.98. The minimum Gasteiger partial charge on any atom is -0.507 e. The van der Waals surface area contributed by atoms with Crippen LogP contribution < -0.4 is 4.90 Å². The number of phenols is 1. The van der Waals surface area contributed by atoms with Gasteiger partial charge in [-0.3, -0.25) is 0 Å². The first-order chi connectivity index (χ1) is 14.9. The number of para-hydroxylation sites is 1. The van der Waals surface area contributed by atoms with E-state index in [1.54, 1.807) is 34.6 Å². The van der Waals surface area contributed by atoms with Gasteiger partial charge in [0.1, 0.15) is 11.6 Å². The number of benzene rings is 2. The first kappa shape index (κ1) is 21.8. The van der Waals surface area contributed by atoms with Crippen LogP contribution in [0.15, 0.2) is 42.5 Å². The number of aromatic hydroxyl groups is 1. The van der Waals surface area contributed by atoms with Crippen molar-refractivity contribution in [1.82, 2.24) is 14.3 Å². The normalized spacial score (nSPS) is 15.5. The minimum absolute atomic E-state index is 0.0988. The maximum Gasteiger partial charge on any atom is 0.214 e. The molecule has 0 bridgehead atoms. The van der Waals surface area contributed by atoms with Crippen molar-refractivity contribution in [2.24, 2.45) is 0 Å². The molecule has 7 nitrogen and oxygen atoms in total. The van der Waals surface area contributed by atoms with Crippen molar-refractivity contribution in [2.75, 3.05) is 36.8 Å². The molecule has 9 heteroatoms. The number of fused-ring (bicyclic) bond motifs is 1. The van der Waals surface area contributed by atoms with E-state index < -0.39 is 10.0 Å². The number of hydrogen-bond acceptors (Lipinski definition) is 6. The molecule has 1 aliphatic rings. The van der Waals surface area contributed by atoms with Crippen molar-refractivity contribution in [3.8, 4) is 17.1 Å². The quantitative estimate of drug-likeness (QED) is 0.600. The summed E-state index contributed by atoms with van der Waals surface area (Å²) in [5, 5.41) is 11.7. The molecule has 164 valence electrons. The van der Waals surface area contributed by atoms with E-state index in [0.29, 0.717) is 60.3 Å². The molecule has 0 atom stereocenters. The largest absolute Gasteiger partial charge is 0.507 e. The monoisotopic (exact) mass is 460 g/mol. The molecule has 0 amide bonds. The predicted molar refractivity (Wildman–Crippen MR) is 124 cm³/mol. The zero-order chi connectivity index (χ0) is 22.0. The summed E-state index contributed by atoms with van der Waals surface area (Å²) in [7, 11) is -3.23. The lowest BCUT2D eigenvalue weighted by atomic mass is 10.1. The van der Waals surface area contributed by atoms with Gasteiger partial charge in [-0.1, -0.05) is 37.1 Å². The van der Waals surface area contributed by atoms with Gasteiger partial charge in [-0.05, 0) is 36.8 Å². The fourth-order valence-corrected chi connectivity index (χ4v) is 5.54. The Kier molecular flexibility index (Phi) is 6.31. The minimum atomic E-state index is -3.23. The highest BCUT2D eigenvalue weighted by atomic mass is 35.5. The average molecular weight is 461 g/mol. The number of phenolic OH excluding ortho intramolecular Hbond substituents is 1. The van der Waals surface area contributed by atoms with Gasteiger partial charge in [-0.25, -0.2) is 18.4 Å². The van der Waals surface area contributed by atoms with Crippen LogP contribution in [-0.4, -0.2) is 59.7 Å². The Morgan fingerprint density at radius 2 is 1.81 bits per heavy atom. The molecule has 2 aromatic carbocycles. The van der Waals surface area contributed by atoms with E-state index in [1.807, 2.05) is 19.1 Å². The summed E-state index contributed by atoms with van der Waals surface area (Å²) in [6.45, 7) is 3.87. The first-order valence-corrected chi connectivity index (χ1v) is 12.4. The van der Waals surface area contributed by atoms with Crippen molar-refractivity contribution in [1.29, 1.82) is 0 Å². The summed E-state index contributed by atoms with van der Waals surface area (Å²) < 4.78 is 26.7. The molecular weight excluding hydrogens is 436 g/mol. The number of anilines is 1. The van der Waals surface area contributed by atoms with E-state index in [1.165, 1.54) is 0 Å². The molecule has 1 saturated heterocycles. The van der Waals surface area contributed by atoms with Gasteiger partial charge in [-0.2, -0.15) is 4.31 Å². The van der Waals surface area contributed by atoms with Crippen molar-refractivity contribution >= 4 is 38.3 Å². The molecule has 1 N–H and O–H groups in total. The van der Waals surface area contributed by atoms with E-state index in [-0.39, 0.29) is 11.5 Å². The molecule has 31 heavy (non-hydrogen) atoms. The average Bonchev–Trinajstić information content (AvgIpc) is 2.77. The van der Waals surface area contributed by atoms with Crippen LogP contribution in [0.4, 0.5) is 5.82 Å². The number of nitrogens with zero attached hydrogens (tertiary/aromatic N) is 4. The third-order valence-electron chi connectivity index (χ3n) is 5.47. The molecule has 1 fully saturated rings. The molecule has 0 radical (unpaired) electrons. The highest BCUT2D eigenvalue weighted by molar-refractivity contribution is 7.89. The Morgan fingerprint density at radius 1 is 1.06 bits per heavy atom. The van der Waals surface area contributed by atoms with Crippen LogP contribution in [0.1, 0.15) is 19.8 Å². The second-order valence-electron chi connectivity index (χ2n) is 7.61. The van der Waals surface area contributed by atoms with E-state index >= 15 is 0 Å². The van der Waals surface area contributed by atoms with Crippen LogP contribution in [0.25, 0.3) is 22.3 Å². The molecule has 4 rings (SSSR count). The van der Waals surface area contributed by atoms with Crippen LogP contribution in [0, 0.1) is 0 Å². The molecule has 0 aliphatic carbocycles. The second-order valence-corrected chi connectivity index (χ2v) is 10.1. The number of halogens is 1. The van der Waals surface area contributed by atoms with Crippen LogP contribution in [0.2, 0.25) is 5.02 Å². The maximum atomic E-state index is 12.6. The van der Waals surface area contributed by atoms with Gasteiger partial charge in [0.15, 0.2) is 5.82 Å². The van der Waals surface area contributed by atoms with Gasteiger partial charge in [-0.15, -0.1) is 0 Å². The Bertz CT molecular complexity index is 1190. The smallest absolute Gasteiger partial charge is 0.214 e. The number of hydrogen-bond donors (Lipinski definition) is 1. The SMILES string of the molecule is CCCCS(=O)(=O)N1CCN(c2nc(-c3ccccc3O)nc3cc(Cl)ccc23)CC1. The number of rotatable bonds is 6. The zero-order valence-electron chi connectivity index (χ0n) is 17.3. The van der Waals surface area contributed by atoms with E-state index in [2.05, 4.69) is 9.88 Å². The van der Waals surface area contributed by atoms with Crippen LogP contribution >= 0.6 is 11.6 Å². The Hall–Kier alpha value is -2.42. The summed E-state index contributed by atoms with van der Waals surface area (Å²) in [6, 6.07) is 12.4. The lowest BCUT2D eigenvalue weighted by Gasteiger charge is -2.35. The van der Waals surface area contributed by atoms with Gasteiger partial charge in [0.25, 0.3) is 0 Å². The van der Waals surface area contributed by atoms with E-state index in [4.69, 9.17) is 16.6 Å². The summed E-state index contributed by atoms with van der Waals surface area (Å²) >= 11 is 6.20. The number of piperazine rings is 1. The molecule has 1 aromatic heterocycles. The molecule has 2 heterocycles. The number of aromatic nitrogens is 2. The molecule has 0 saturated carbocycles. The summed E-state index contributed by atoms with van der Waals surface area (Å²) in [5.41, 5.74) is 1.21. The van der Waals surface area contributed by atoms with Crippen LogP contribution in [0.5, 0.6) is 5.75 Å². The highest BCUT2D eigenvalue weighted by Crippen LogP contribution is 2.33. The number of unbranched alkanes of at least 4 members (excludes halogenated alkanes) is 1. The fourth-order valence-electron chi connectivity index (χ4n) is 3.74. The van der Waals surface area contributed by atoms with Crippen LogP contribution in [0.3, 0.4) is 0 Å². The topological polar surface area (TPSA) is 86.6 Å². The molecule has 0 unspecified atom stereocenters. The molecular formula is C22H25ClN4O3S. The summed E-state index contributed by atoms with van der Waals surface area (Å²) in [6.07, 6.45) is 1.52. The third kappa shape index (κ3) is 4.61. The van der Waals surface area contributed by atoms with Crippen molar-refractivity contribution in [2.45, 2.75) is 19.8 Å². The van der Waals surface area contributed by atoms with Gasteiger partial charge in [0.05, 0.1) is 16.8 Å². The molecule has 0 spiro atoms. The number of sulfonamides is 1. The van der Waals surface area contributed by atoms with E-state index in [0.717, 1.165) is 11.8 Å². The fraction of sp³-hybridized carbons (Fsp3) is 0.364. The van der Waals surface area contributed by atoms with Crippen molar-refractivity contribution in [3.05, 3.63) is 47.5 Å². The van der Waals surface area contributed by atoms with Gasteiger partial charge >= 0.3 is 0 Å².